The third-order valence-corrected chi connectivity index (χ3v) is 8.13. The van der Waals surface area contributed by atoms with E-state index in [0.29, 0.717) is 22.2 Å². The first-order valence-corrected chi connectivity index (χ1v) is 12.1. The topological polar surface area (TPSA) is 93.1 Å². The van der Waals surface area contributed by atoms with Crippen LogP contribution in [0.15, 0.2) is 59.6 Å². The molecule has 0 spiro atoms. The van der Waals surface area contributed by atoms with Crippen molar-refractivity contribution in [2.75, 3.05) is 23.0 Å². The van der Waals surface area contributed by atoms with Crippen LogP contribution in [0.25, 0.3) is 0 Å². The fraction of sp³-hybridized carbons (Fsp3) is 0.286. The van der Waals surface area contributed by atoms with Crippen LogP contribution in [0.4, 0.5) is 5.69 Å². The normalized spacial score (nSPS) is 23.4. The van der Waals surface area contributed by atoms with E-state index in [1.165, 1.54) is 18.7 Å². The van der Waals surface area contributed by atoms with Crippen molar-refractivity contribution in [2.45, 2.75) is 18.2 Å². The molecule has 0 unspecified atom stereocenters. The number of ether oxygens (including phenoxy) is 1. The number of hydrogen-bond donors (Lipinski definition) is 0. The Hall–Kier alpha value is -2.65. The lowest BCUT2D eigenvalue weighted by Crippen LogP contribution is -2.38. The molecule has 0 aromatic heterocycles. The Morgan fingerprint density at radius 2 is 1.90 bits per heavy atom. The zero-order chi connectivity index (χ0) is 21.3. The van der Waals surface area contributed by atoms with Crippen LogP contribution in [-0.2, 0) is 14.6 Å². The Labute approximate surface area is 179 Å². The Morgan fingerprint density at radius 1 is 1.13 bits per heavy atom. The Morgan fingerprint density at radius 3 is 2.63 bits per heavy atom. The summed E-state index contributed by atoms with van der Waals surface area (Å²) in [7, 11) is -3.17. The predicted octanol–water partition coefficient (Wildman–Crippen LogP) is 2.57. The minimum absolute atomic E-state index is 0.0112. The second kappa shape index (κ2) is 8.23. The van der Waals surface area contributed by atoms with Gasteiger partial charge in [0, 0.05) is 16.5 Å². The SMILES string of the molecule is CC(=O)c1cccc(N2C(=NC(=O)COc3ccccc3)S[C@@H]3CS(=O)(=O)C[C@@H]32)c1. The number of carbonyl (C=O) groups excluding carboxylic acids is 2. The van der Waals surface area contributed by atoms with Crippen LogP contribution in [0.1, 0.15) is 17.3 Å². The van der Waals surface area contributed by atoms with Crippen LogP contribution in [0, 0.1) is 0 Å². The van der Waals surface area contributed by atoms with Gasteiger partial charge in [-0.1, -0.05) is 42.1 Å². The van der Waals surface area contributed by atoms with Crippen LogP contribution in [0.2, 0.25) is 0 Å². The molecule has 2 fully saturated rings. The Bertz CT molecular complexity index is 1120. The number of nitrogens with zero attached hydrogens (tertiary/aromatic N) is 2. The molecular weight excluding hydrogens is 424 g/mol. The Kier molecular flexibility index (Phi) is 5.66. The number of anilines is 1. The summed E-state index contributed by atoms with van der Waals surface area (Å²) in [5, 5.41) is 0.222. The molecule has 1 amide bonds. The third-order valence-electron chi connectivity index (χ3n) is 4.92. The number of ketones is 1. The lowest BCUT2D eigenvalue weighted by molar-refractivity contribution is -0.119. The van der Waals surface area contributed by atoms with Crippen molar-refractivity contribution in [3.8, 4) is 5.75 Å². The maximum absolute atomic E-state index is 12.4. The average Bonchev–Trinajstić information content (AvgIpc) is 3.17. The van der Waals surface area contributed by atoms with Gasteiger partial charge in [-0.3, -0.25) is 9.59 Å². The van der Waals surface area contributed by atoms with Crippen molar-refractivity contribution in [1.82, 2.24) is 0 Å². The van der Waals surface area contributed by atoms with Gasteiger partial charge >= 0.3 is 0 Å². The number of amidine groups is 1. The fourth-order valence-corrected chi connectivity index (χ4v) is 7.47. The summed E-state index contributed by atoms with van der Waals surface area (Å²) >= 11 is 1.29. The highest BCUT2D eigenvalue weighted by Crippen LogP contribution is 2.41. The molecule has 2 aromatic rings. The van der Waals surface area contributed by atoms with E-state index in [1.807, 2.05) is 18.2 Å². The summed E-state index contributed by atoms with van der Waals surface area (Å²) in [6.45, 7) is 1.25. The number of thioether (sulfide) groups is 1. The maximum atomic E-state index is 12.4. The van der Waals surface area contributed by atoms with Crippen LogP contribution < -0.4 is 9.64 Å². The second-order valence-corrected chi connectivity index (χ2v) is 10.5. The average molecular weight is 445 g/mol. The van der Waals surface area contributed by atoms with Gasteiger partial charge in [0.2, 0.25) is 0 Å². The molecule has 0 bridgehead atoms. The summed E-state index contributed by atoms with van der Waals surface area (Å²) in [5.41, 5.74) is 1.16. The number of aliphatic imine (C=N–C) groups is 1. The van der Waals surface area contributed by atoms with E-state index in [0.717, 1.165) is 0 Å². The predicted molar refractivity (Wildman–Crippen MR) is 117 cm³/mol. The van der Waals surface area contributed by atoms with E-state index < -0.39 is 15.7 Å². The minimum atomic E-state index is -3.17. The number of para-hydroxylation sites is 1. The van der Waals surface area contributed by atoms with Gasteiger partial charge in [-0.2, -0.15) is 4.99 Å². The molecule has 2 aliphatic rings. The first-order chi connectivity index (χ1) is 14.3. The van der Waals surface area contributed by atoms with Crippen molar-refractivity contribution < 1.29 is 22.7 Å². The molecule has 0 N–H and O–H groups in total. The highest BCUT2D eigenvalue weighted by atomic mass is 32.2. The fourth-order valence-electron chi connectivity index (χ4n) is 3.54. The van der Waals surface area contributed by atoms with E-state index in [1.54, 1.807) is 41.3 Å². The van der Waals surface area contributed by atoms with Crippen LogP contribution in [0.5, 0.6) is 5.75 Å². The molecule has 30 heavy (non-hydrogen) atoms. The molecule has 2 aromatic carbocycles. The van der Waals surface area contributed by atoms with Crippen molar-refractivity contribution in [1.29, 1.82) is 0 Å². The molecule has 4 rings (SSSR count). The summed E-state index contributed by atoms with van der Waals surface area (Å²) in [6, 6.07) is 15.6. The van der Waals surface area contributed by atoms with Crippen molar-refractivity contribution in [2.24, 2.45) is 4.99 Å². The number of sulfone groups is 1. The standard InChI is InChI=1S/C21H20N2O5S2/c1-14(24)15-6-5-7-16(10-15)23-18-12-30(26,27)13-19(18)29-21(23)22-20(25)11-28-17-8-3-2-4-9-17/h2-10,18-19H,11-13H2,1H3/t18-,19+/m0/s1. The van der Waals surface area contributed by atoms with Gasteiger partial charge in [-0.05, 0) is 31.2 Å². The van der Waals surface area contributed by atoms with Crippen molar-refractivity contribution in [3.63, 3.8) is 0 Å². The number of fused-ring (bicyclic) bond motifs is 1. The number of hydrogen-bond acceptors (Lipinski definition) is 6. The largest absolute Gasteiger partial charge is 0.484 e. The maximum Gasteiger partial charge on any atom is 0.285 e. The molecule has 2 atom stereocenters. The molecule has 0 radical (unpaired) electrons. The molecule has 9 heteroatoms. The summed E-state index contributed by atoms with van der Waals surface area (Å²) < 4.78 is 29.8. The quantitative estimate of drug-likeness (QED) is 0.655. The van der Waals surface area contributed by atoms with Gasteiger partial charge in [-0.25, -0.2) is 8.42 Å². The van der Waals surface area contributed by atoms with Crippen LogP contribution >= 0.6 is 11.8 Å². The first kappa shape index (κ1) is 20.6. The third kappa shape index (κ3) is 4.41. The van der Waals surface area contributed by atoms with E-state index in [-0.39, 0.29) is 35.2 Å². The molecule has 156 valence electrons. The first-order valence-electron chi connectivity index (χ1n) is 9.39. The minimum Gasteiger partial charge on any atom is -0.484 e. The van der Waals surface area contributed by atoms with E-state index >= 15 is 0 Å². The molecule has 7 nitrogen and oxygen atoms in total. The van der Waals surface area contributed by atoms with Gasteiger partial charge in [0.1, 0.15) is 5.75 Å². The van der Waals surface area contributed by atoms with Crippen LogP contribution in [-0.4, -0.2) is 54.7 Å². The number of carbonyl (C=O) groups is 2. The van der Waals surface area contributed by atoms with Gasteiger partial charge in [0.15, 0.2) is 27.4 Å². The highest BCUT2D eigenvalue weighted by molar-refractivity contribution is 8.16. The second-order valence-electron chi connectivity index (χ2n) is 7.17. The molecule has 0 saturated carbocycles. The molecular formula is C21H20N2O5S2. The van der Waals surface area contributed by atoms with Gasteiger partial charge in [-0.15, -0.1) is 0 Å². The molecule has 2 aliphatic heterocycles. The number of benzene rings is 2. The van der Waals surface area contributed by atoms with E-state index in [4.69, 9.17) is 4.74 Å². The Balaban J connectivity index is 1.61. The van der Waals surface area contributed by atoms with Crippen molar-refractivity contribution >= 4 is 44.1 Å². The summed E-state index contributed by atoms with van der Waals surface area (Å²) in [4.78, 5) is 30.2. The highest BCUT2D eigenvalue weighted by Gasteiger charge is 2.49. The smallest absolute Gasteiger partial charge is 0.285 e. The van der Waals surface area contributed by atoms with E-state index in [9.17, 15) is 18.0 Å². The summed E-state index contributed by atoms with van der Waals surface area (Å²) in [6.07, 6.45) is 0. The van der Waals surface area contributed by atoms with Crippen molar-refractivity contribution in [3.05, 3.63) is 60.2 Å². The zero-order valence-corrected chi connectivity index (χ0v) is 17.9. The molecule has 2 heterocycles. The van der Waals surface area contributed by atoms with Gasteiger partial charge in [0.25, 0.3) is 5.91 Å². The van der Waals surface area contributed by atoms with Crippen LogP contribution in [0.3, 0.4) is 0 Å². The van der Waals surface area contributed by atoms with E-state index in [2.05, 4.69) is 4.99 Å². The number of amides is 1. The number of rotatable bonds is 5. The molecule has 2 saturated heterocycles. The monoisotopic (exact) mass is 444 g/mol. The lowest BCUT2D eigenvalue weighted by atomic mass is 10.1. The number of Topliss-reactive ketones (excluding diaryl/α,β-unsaturated/α-hetero) is 1. The van der Waals surface area contributed by atoms with Gasteiger partial charge < -0.3 is 9.64 Å². The lowest BCUT2D eigenvalue weighted by Gasteiger charge is -2.24. The molecule has 0 aliphatic carbocycles. The zero-order valence-electron chi connectivity index (χ0n) is 16.2. The van der Waals surface area contributed by atoms with Gasteiger partial charge in [0.05, 0.1) is 17.5 Å². The summed E-state index contributed by atoms with van der Waals surface area (Å²) in [5.74, 6) is 0.0443.